The van der Waals surface area contributed by atoms with Crippen LogP contribution in [-0.2, 0) is 4.09 Å². The fraction of sp³-hybridized carbons (Fsp3) is 0.368. The molecule has 0 N–H and O–H groups in total. The van der Waals surface area contributed by atoms with Crippen LogP contribution in [0.5, 0.6) is 0 Å². The van der Waals surface area contributed by atoms with Crippen molar-refractivity contribution in [1.82, 2.24) is 0 Å². The number of hydrogen-bond acceptors (Lipinski definition) is 0. The second-order valence-corrected chi connectivity index (χ2v) is 5.95. The molecule has 2 aromatic rings. The molecule has 0 bridgehead atoms. The molecule has 0 aliphatic heterocycles. The molecule has 0 saturated heterocycles. The average molecular weight is 258 g/mol. The number of rotatable bonds is 6. The van der Waals surface area contributed by atoms with E-state index in [-0.39, 0.29) is 4.09 Å². The molecule has 100 valence electrons. The monoisotopic (exact) mass is 258 g/mol. The first-order chi connectivity index (χ1) is 9.70. The summed E-state index contributed by atoms with van der Waals surface area (Å²) in [6, 6.07) is 21.9. The van der Waals surface area contributed by atoms with Crippen molar-refractivity contribution in [1.29, 1.82) is 0 Å². The van der Waals surface area contributed by atoms with Gasteiger partial charge >= 0.3 is 133 Å². The van der Waals surface area contributed by atoms with Crippen LogP contribution in [0.1, 0.15) is 44.2 Å². The summed E-state index contributed by atoms with van der Waals surface area (Å²) in [4.78, 5) is 0. The molecule has 2 rings (SSSR count). The van der Waals surface area contributed by atoms with Crippen LogP contribution in [-0.4, -0.2) is 17.7 Å². The van der Waals surface area contributed by atoms with Gasteiger partial charge in [0.25, 0.3) is 0 Å². The molecule has 0 fully saturated rings. The van der Waals surface area contributed by atoms with Gasteiger partial charge in [0.05, 0.1) is 0 Å². The molecule has 0 amide bonds. The van der Waals surface area contributed by atoms with E-state index in [1.54, 1.807) is 0 Å². The third kappa shape index (κ3) is 3.37. The normalized spacial score (nSPS) is 11.8. The van der Waals surface area contributed by atoms with Crippen molar-refractivity contribution in [3.63, 3.8) is 0 Å². The Balaban J connectivity index is 2.43. The molecular weight excluding hydrogens is 235 g/mol. The molecule has 20 heavy (non-hydrogen) atoms. The summed E-state index contributed by atoms with van der Waals surface area (Å²) in [7, 11) is 0. The van der Waals surface area contributed by atoms with Crippen molar-refractivity contribution >= 4 is 17.7 Å². The predicted octanol–water partition coefficient (Wildman–Crippen LogP) is 4.93. The first-order valence-electron chi connectivity index (χ1n) is 7.81. The Morgan fingerprint density at radius 1 is 0.800 bits per heavy atom. The molecular formula is C19H23Li. The minimum absolute atomic E-state index is 0.110. The Hall–Kier alpha value is -0.963. The zero-order valence-corrected chi connectivity index (χ0v) is 13.0. The van der Waals surface area contributed by atoms with Crippen LogP contribution in [0.2, 0.25) is 0 Å². The zero-order chi connectivity index (χ0) is 14.4. The van der Waals surface area contributed by atoms with Crippen LogP contribution in [0.15, 0.2) is 60.7 Å². The van der Waals surface area contributed by atoms with Gasteiger partial charge in [-0.15, -0.1) is 0 Å². The summed E-state index contributed by atoms with van der Waals surface area (Å²) in [5, 5.41) is 0. The molecule has 0 unspecified atom stereocenters. The van der Waals surface area contributed by atoms with Crippen LogP contribution in [0, 0.1) is 5.92 Å². The van der Waals surface area contributed by atoms with Crippen molar-refractivity contribution in [3.8, 4) is 0 Å². The van der Waals surface area contributed by atoms with Gasteiger partial charge in [0.1, 0.15) is 0 Å². The standard InChI is InChI=1S/C19H23.Li/c1-3-16(4-2)15-19(17-11-7-5-8-12-17)18-13-9-6-10-14-18;/h5-14,16H,3-4,15H2,1-2H3;. The Morgan fingerprint density at radius 3 is 1.55 bits per heavy atom. The van der Waals surface area contributed by atoms with Gasteiger partial charge in [0.2, 0.25) is 0 Å². The van der Waals surface area contributed by atoms with Crippen molar-refractivity contribution in [2.75, 3.05) is 0 Å². The van der Waals surface area contributed by atoms with Gasteiger partial charge in [0.15, 0.2) is 0 Å². The summed E-state index contributed by atoms with van der Waals surface area (Å²) in [5.41, 5.74) is 2.86. The van der Waals surface area contributed by atoms with E-state index in [1.807, 2.05) is 0 Å². The molecule has 0 nitrogen and oxygen atoms in total. The Kier molecular flexibility index (Phi) is 5.52. The van der Waals surface area contributed by atoms with E-state index in [2.05, 4.69) is 92.2 Å². The van der Waals surface area contributed by atoms with E-state index in [0.717, 1.165) is 5.92 Å². The Bertz CT molecular complexity index is 460. The second-order valence-electron chi connectivity index (χ2n) is 5.95. The van der Waals surface area contributed by atoms with Crippen molar-refractivity contribution in [2.24, 2.45) is 5.92 Å². The fourth-order valence-electron chi connectivity index (χ4n) is 3.17. The number of benzene rings is 2. The summed E-state index contributed by atoms with van der Waals surface area (Å²) in [6.07, 6.45) is 3.73. The summed E-state index contributed by atoms with van der Waals surface area (Å²) >= 11 is 2.40. The van der Waals surface area contributed by atoms with Gasteiger partial charge in [-0.1, -0.05) is 0 Å². The molecule has 0 aliphatic carbocycles. The minimum atomic E-state index is 0.110. The van der Waals surface area contributed by atoms with Crippen LogP contribution in [0.3, 0.4) is 0 Å². The molecule has 0 aliphatic rings. The average Bonchev–Trinajstić information content (AvgIpc) is 2.54. The van der Waals surface area contributed by atoms with E-state index < -0.39 is 0 Å². The van der Waals surface area contributed by atoms with Crippen LogP contribution >= 0.6 is 0 Å². The Morgan fingerprint density at radius 2 is 1.20 bits per heavy atom. The van der Waals surface area contributed by atoms with Crippen molar-refractivity contribution in [3.05, 3.63) is 71.8 Å². The summed E-state index contributed by atoms with van der Waals surface area (Å²) < 4.78 is 0.110. The van der Waals surface area contributed by atoms with Gasteiger partial charge in [0, 0.05) is 0 Å². The van der Waals surface area contributed by atoms with E-state index in [9.17, 15) is 0 Å². The zero-order valence-electron chi connectivity index (χ0n) is 13.0. The quantitative estimate of drug-likeness (QED) is 0.645. The molecule has 0 atom stereocenters. The molecule has 0 radical (unpaired) electrons. The number of hydrogen-bond donors (Lipinski definition) is 0. The van der Waals surface area contributed by atoms with E-state index in [4.69, 9.17) is 0 Å². The topological polar surface area (TPSA) is 0 Å². The first kappa shape index (κ1) is 15.4. The maximum atomic E-state index is 2.40. The first-order valence-corrected chi connectivity index (χ1v) is 7.81. The molecule has 0 saturated carbocycles. The SMILES string of the molecule is [Li][C](CC(CC)CC)(c1ccccc1)c1ccccc1. The summed E-state index contributed by atoms with van der Waals surface area (Å²) in [6.45, 7) is 4.62. The molecule has 0 heterocycles. The second kappa shape index (κ2) is 7.16. The van der Waals surface area contributed by atoms with Gasteiger partial charge in [-0.05, 0) is 0 Å². The Labute approximate surface area is 132 Å². The predicted molar refractivity (Wildman–Crippen MR) is 88.1 cm³/mol. The van der Waals surface area contributed by atoms with Crippen molar-refractivity contribution < 1.29 is 0 Å². The van der Waals surface area contributed by atoms with Gasteiger partial charge in [-0.25, -0.2) is 0 Å². The molecule has 0 aromatic heterocycles. The van der Waals surface area contributed by atoms with Crippen LogP contribution in [0.4, 0.5) is 0 Å². The van der Waals surface area contributed by atoms with Gasteiger partial charge in [-0.2, -0.15) is 0 Å². The van der Waals surface area contributed by atoms with Crippen molar-refractivity contribution in [2.45, 2.75) is 37.2 Å². The molecule has 1 heteroatoms. The van der Waals surface area contributed by atoms with Gasteiger partial charge in [-0.3, -0.25) is 0 Å². The van der Waals surface area contributed by atoms with E-state index in [0.29, 0.717) is 0 Å². The molecule has 2 aromatic carbocycles. The molecule has 0 spiro atoms. The van der Waals surface area contributed by atoms with E-state index in [1.165, 1.54) is 30.4 Å². The summed E-state index contributed by atoms with van der Waals surface area (Å²) in [5.74, 6) is 0.778. The third-order valence-corrected chi connectivity index (χ3v) is 4.67. The third-order valence-electron chi connectivity index (χ3n) is 4.67. The maximum absolute atomic E-state index is 2.40. The van der Waals surface area contributed by atoms with Crippen LogP contribution in [0.25, 0.3) is 0 Å². The van der Waals surface area contributed by atoms with Crippen LogP contribution < -0.4 is 0 Å². The fourth-order valence-corrected chi connectivity index (χ4v) is 3.17. The van der Waals surface area contributed by atoms with Gasteiger partial charge < -0.3 is 0 Å². The van der Waals surface area contributed by atoms with E-state index >= 15 is 0 Å².